The Bertz CT molecular complexity index is 689. The lowest BCUT2D eigenvalue weighted by molar-refractivity contribution is -0.385. The molecule has 2 N–H and O–H groups in total. The zero-order chi connectivity index (χ0) is 14.9. The van der Waals surface area contributed by atoms with Crippen LogP contribution in [0.2, 0.25) is 5.15 Å². The molecular formula is C13H12ClN3O3. The van der Waals surface area contributed by atoms with Crippen LogP contribution in [0.5, 0.6) is 5.75 Å². The SMILES string of the molecule is Cc1c(Nc2ccnc(Cl)c2O)ccc([N+](=O)[O-])c1C. The molecule has 1 heterocycles. The van der Waals surface area contributed by atoms with Gasteiger partial charge in [-0.05, 0) is 31.5 Å². The van der Waals surface area contributed by atoms with Gasteiger partial charge in [0.15, 0.2) is 10.9 Å². The number of anilines is 2. The highest BCUT2D eigenvalue weighted by Crippen LogP contribution is 2.34. The van der Waals surface area contributed by atoms with Crippen LogP contribution in [-0.2, 0) is 0 Å². The van der Waals surface area contributed by atoms with E-state index in [1.54, 1.807) is 26.0 Å². The predicted octanol–water partition coefficient (Wildman–Crippen LogP) is 3.71. The zero-order valence-corrected chi connectivity index (χ0v) is 11.6. The fourth-order valence-corrected chi connectivity index (χ4v) is 1.97. The van der Waals surface area contributed by atoms with Crippen LogP contribution in [0.1, 0.15) is 11.1 Å². The Kier molecular flexibility index (Phi) is 3.76. The van der Waals surface area contributed by atoms with Crippen LogP contribution >= 0.6 is 11.6 Å². The van der Waals surface area contributed by atoms with Crippen LogP contribution in [0, 0.1) is 24.0 Å². The Hall–Kier alpha value is -2.34. The molecule has 7 heteroatoms. The number of nitrogens with one attached hydrogen (secondary N) is 1. The minimum Gasteiger partial charge on any atom is -0.503 e. The molecule has 0 unspecified atom stereocenters. The van der Waals surface area contributed by atoms with Crippen molar-refractivity contribution in [3.8, 4) is 5.75 Å². The smallest absolute Gasteiger partial charge is 0.272 e. The van der Waals surface area contributed by atoms with Crippen molar-refractivity contribution in [2.45, 2.75) is 13.8 Å². The van der Waals surface area contributed by atoms with Crippen molar-refractivity contribution in [3.05, 3.63) is 50.8 Å². The highest BCUT2D eigenvalue weighted by atomic mass is 35.5. The summed E-state index contributed by atoms with van der Waals surface area (Å²) in [5.74, 6) is -0.162. The average molecular weight is 294 g/mol. The van der Waals surface area contributed by atoms with Crippen molar-refractivity contribution in [3.63, 3.8) is 0 Å². The molecule has 2 aromatic rings. The first kappa shape index (κ1) is 14.1. The Balaban J connectivity index is 2.42. The number of aromatic nitrogens is 1. The maximum atomic E-state index is 10.9. The number of benzene rings is 1. The molecule has 20 heavy (non-hydrogen) atoms. The van der Waals surface area contributed by atoms with E-state index in [-0.39, 0.29) is 16.6 Å². The molecule has 0 aliphatic carbocycles. The number of aromatic hydroxyl groups is 1. The van der Waals surface area contributed by atoms with E-state index in [1.807, 2.05) is 0 Å². The molecule has 0 aliphatic heterocycles. The molecule has 0 amide bonds. The summed E-state index contributed by atoms with van der Waals surface area (Å²) in [5, 5.41) is 23.6. The van der Waals surface area contributed by atoms with Crippen LogP contribution in [-0.4, -0.2) is 15.0 Å². The number of pyridine rings is 1. The Labute approximate surface area is 120 Å². The lowest BCUT2D eigenvalue weighted by atomic mass is 10.1. The van der Waals surface area contributed by atoms with E-state index < -0.39 is 4.92 Å². The second-order valence-corrected chi connectivity index (χ2v) is 4.62. The quantitative estimate of drug-likeness (QED) is 0.511. The summed E-state index contributed by atoms with van der Waals surface area (Å²) in [6.07, 6.45) is 1.46. The number of halogens is 1. The van der Waals surface area contributed by atoms with Crippen molar-refractivity contribution in [1.29, 1.82) is 0 Å². The average Bonchev–Trinajstić information content (AvgIpc) is 2.40. The topological polar surface area (TPSA) is 88.3 Å². The molecule has 0 saturated carbocycles. The zero-order valence-electron chi connectivity index (χ0n) is 10.8. The first-order chi connectivity index (χ1) is 9.41. The van der Waals surface area contributed by atoms with Crippen LogP contribution in [0.25, 0.3) is 0 Å². The second-order valence-electron chi connectivity index (χ2n) is 4.26. The minimum absolute atomic E-state index is 0.00807. The molecule has 104 valence electrons. The molecule has 2 rings (SSSR count). The maximum absolute atomic E-state index is 10.9. The van der Waals surface area contributed by atoms with Gasteiger partial charge >= 0.3 is 0 Å². The summed E-state index contributed by atoms with van der Waals surface area (Å²) in [6.45, 7) is 3.45. The standard InChI is InChI=1S/C13H12ClN3O3/c1-7-8(2)11(17(19)20)4-3-9(7)16-10-5-6-15-13(14)12(10)18/h3-6,18H,1-2H3,(H,15,16). The van der Waals surface area contributed by atoms with Crippen molar-refractivity contribution >= 4 is 28.7 Å². The van der Waals surface area contributed by atoms with Crippen LogP contribution in [0.4, 0.5) is 17.1 Å². The molecule has 6 nitrogen and oxygen atoms in total. The van der Waals surface area contributed by atoms with Crippen LogP contribution in [0.3, 0.4) is 0 Å². The number of hydrogen-bond donors (Lipinski definition) is 2. The second kappa shape index (κ2) is 5.34. The third kappa shape index (κ3) is 2.50. The van der Waals surface area contributed by atoms with Gasteiger partial charge in [0.2, 0.25) is 0 Å². The van der Waals surface area contributed by atoms with E-state index in [1.165, 1.54) is 12.3 Å². The van der Waals surface area contributed by atoms with Gasteiger partial charge in [0.25, 0.3) is 5.69 Å². The summed E-state index contributed by atoms with van der Waals surface area (Å²) < 4.78 is 0. The van der Waals surface area contributed by atoms with E-state index in [0.717, 1.165) is 5.56 Å². The maximum Gasteiger partial charge on any atom is 0.272 e. The van der Waals surface area contributed by atoms with Gasteiger partial charge in [0.05, 0.1) is 10.6 Å². The lowest BCUT2D eigenvalue weighted by Crippen LogP contribution is -1.99. The molecule has 0 atom stereocenters. The van der Waals surface area contributed by atoms with E-state index in [0.29, 0.717) is 16.9 Å². The molecule has 0 bridgehead atoms. The molecule has 1 aromatic heterocycles. The molecule has 0 aliphatic rings. The van der Waals surface area contributed by atoms with Gasteiger partial charge in [-0.25, -0.2) is 4.98 Å². The predicted molar refractivity (Wildman–Crippen MR) is 76.8 cm³/mol. The molecule has 0 radical (unpaired) electrons. The number of nitrogens with zero attached hydrogens (tertiary/aromatic N) is 2. The Morgan fingerprint density at radius 2 is 1.95 bits per heavy atom. The van der Waals surface area contributed by atoms with E-state index in [9.17, 15) is 15.2 Å². The van der Waals surface area contributed by atoms with Gasteiger partial charge < -0.3 is 10.4 Å². The number of rotatable bonds is 3. The third-order valence-corrected chi connectivity index (χ3v) is 3.38. The summed E-state index contributed by atoms with van der Waals surface area (Å²) in [4.78, 5) is 14.2. The van der Waals surface area contributed by atoms with Crippen molar-refractivity contribution in [2.24, 2.45) is 0 Å². The molecule has 1 aromatic carbocycles. The molecule has 0 spiro atoms. The lowest BCUT2D eigenvalue weighted by Gasteiger charge is -2.13. The summed E-state index contributed by atoms with van der Waals surface area (Å²) in [5.41, 5.74) is 2.41. The van der Waals surface area contributed by atoms with Gasteiger partial charge in [0.1, 0.15) is 0 Å². The Morgan fingerprint density at radius 1 is 1.25 bits per heavy atom. The Morgan fingerprint density at radius 3 is 2.60 bits per heavy atom. The van der Waals surface area contributed by atoms with Gasteiger partial charge in [-0.1, -0.05) is 11.6 Å². The molecule has 0 saturated heterocycles. The first-order valence-corrected chi connectivity index (χ1v) is 6.14. The highest BCUT2D eigenvalue weighted by molar-refractivity contribution is 6.31. The monoisotopic (exact) mass is 293 g/mol. The van der Waals surface area contributed by atoms with Crippen molar-refractivity contribution in [1.82, 2.24) is 4.98 Å². The van der Waals surface area contributed by atoms with Gasteiger partial charge in [0, 0.05) is 23.5 Å². The normalized spacial score (nSPS) is 10.3. The molecular weight excluding hydrogens is 282 g/mol. The largest absolute Gasteiger partial charge is 0.503 e. The van der Waals surface area contributed by atoms with Crippen LogP contribution < -0.4 is 5.32 Å². The van der Waals surface area contributed by atoms with Gasteiger partial charge in [-0.3, -0.25) is 10.1 Å². The molecule has 0 fully saturated rings. The fraction of sp³-hybridized carbons (Fsp3) is 0.154. The number of hydrogen-bond acceptors (Lipinski definition) is 5. The van der Waals surface area contributed by atoms with Gasteiger partial charge in [-0.15, -0.1) is 0 Å². The summed E-state index contributed by atoms with van der Waals surface area (Å²) >= 11 is 5.73. The number of nitro benzene ring substituents is 1. The summed E-state index contributed by atoms with van der Waals surface area (Å²) in [7, 11) is 0. The van der Waals surface area contributed by atoms with Crippen molar-refractivity contribution < 1.29 is 10.0 Å². The fourth-order valence-electron chi connectivity index (χ4n) is 1.81. The summed E-state index contributed by atoms with van der Waals surface area (Å²) in [6, 6.07) is 4.58. The van der Waals surface area contributed by atoms with Crippen molar-refractivity contribution in [2.75, 3.05) is 5.32 Å². The van der Waals surface area contributed by atoms with E-state index >= 15 is 0 Å². The van der Waals surface area contributed by atoms with E-state index in [2.05, 4.69) is 10.3 Å². The minimum atomic E-state index is -0.424. The highest BCUT2D eigenvalue weighted by Gasteiger charge is 2.15. The first-order valence-electron chi connectivity index (χ1n) is 5.77. The van der Waals surface area contributed by atoms with Gasteiger partial charge in [-0.2, -0.15) is 0 Å². The van der Waals surface area contributed by atoms with Crippen LogP contribution in [0.15, 0.2) is 24.4 Å². The number of nitro groups is 1. The third-order valence-electron chi connectivity index (χ3n) is 3.10. The van der Waals surface area contributed by atoms with E-state index in [4.69, 9.17) is 11.6 Å².